The number of nitrogens with one attached hydrogen (secondary N) is 1. The first-order valence-electron chi connectivity index (χ1n) is 5.64. The van der Waals surface area contributed by atoms with E-state index in [1.807, 2.05) is 6.07 Å². The molecule has 0 aliphatic carbocycles. The third kappa shape index (κ3) is 2.93. The first-order valence-corrected chi connectivity index (χ1v) is 5.64. The topological polar surface area (TPSA) is 42.1 Å². The highest BCUT2D eigenvalue weighted by Gasteiger charge is 2.15. The van der Waals surface area contributed by atoms with Crippen LogP contribution in [0.4, 0.5) is 0 Å². The Bertz CT molecular complexity index is 299. The molecule has 0 aromatic carbocycles. The number of hydrogen-bond acceptors (Lipinski definition) is 2. The monoisotopic (exact) mass is 207 g/mol. The highest BCUT2D eigenvalue weighted by Crippen LogP contribution is 2.18. The number of ether oxygens (including phenoxy) is 1. The maximum atomic E-state index is 11.7. The number of hydrogen-bond donors (Lipinski definition) is 1. The average molecular weight is 207 g/mol. The van der Waals surface area contributed by atoms with Crippen LogP contribution in [0, 0.1) is 0 Å². The molecule has 82 valence electrons. The number of carbonyl (C=O) groups is 1. The molecule has 0 amide bonds. The van der Waals surface area contributed by atoms with E-state index in [1.165, 1.54) is 12.8 Å². The molecule has 1 aliphatic rings. The number of rotatable bonds is 4. The van der Waals surface area contributed by atoms with Crippen LogP contribution in [0.5, 0.6) is 0 Å². The van der Waals surface area contributed by atoms with Crippen molar-refractivity contribution in [3.05, 3.63) is 24.0 Å². The van der Waals surface area contributed by atoms with Crippen molar-refractivity contribution in [2.75, 3.05) is 6.61 Å². The molecule has 3 heteroatoms. The van der Waals surface area contributed by atoms with Crippen LogP contribution in [0.15, 0.2) is 18.5 Å². The van der Waals surface area contributed by atoms with Gasteiger partial charge in [0.05, 0.1) is 6.10 Å². The number of carbonyl (C=O) groups excluding carboxylic acids is 1. The number of H-pyrrole nitrogens is 1. The van der Waals surface area contributed by atoms with Gasteiger partial charge in [0, 0.05) is 31.0 Å². The van der Waals surface area contributed by atoms with E-state index in [9.17, 15) is 4.79 Å². The van der Waals surface area contributed by atoms with Crippen LogP contribution in [0.2, 0.25) is 0 Å². The van der Waals surface area contributed by atoms with Gasteiger partial charge in [-0.05, 0) is 31.7 Å². The van der Waals surface area contributed by atoms with Crippen LogP contribution in [0.25, 0.3) is 0 Å². The molecule has 3 nitrogen and oxygen atoms in total. The Morgan fingerprint density at radius 3 is 3.13 bits per heavy atom. The number of aromatic amines is 1. The van der Waals surface area contributed by atoms with Gasteiger partial charge < -0.3 is 9.72 Å². The molecule has 1 aliphatic heterocycles. The zero-order valence-electron chi connectivity index (χ0n) is 8.87. The van der Waals surface area contributed by atoms with E-state index >= 15 is 0 Å². The first kappa shape index (κ1) is 10.4. The minimum atomic E-state index is 0.213. The summed E-state index contributed by atoms with van der Waals surface area (Å²) in [6.45, 7) is 0.864. The minimum absolute atomic E-state index is 0.213. The molecule has 1 aromatic rings. The maximum absolute atomic E-state index is 11.7. The summed E-state index contributed by atoms with van der Waals surface area (Å²) in [5.74, 6) is 0.213. The summed E-state index contributed by atoms with van der Waals surface area (Å²) in [5.41, 5.74) is 0.783. The minimum Gasteiger partial charge on any atom is -0.378 e. The molecule has 1 saturated heterocycles. The Kier molecular flexibility index (Phi) is 3.56. The van der Waals surface area contributed by atoms with E-state index in [0.29, 0.717) is 12.5 Å². The zero-order valence-corrected chi connectivity index (χ0v) is 8.87. The summed E-state index contributed by atoms with van der Waals surface area (Å²) in [7, 11) is 0. The van der Waals surface area contributed by atoms with Gasteiger partial charge in [0.2, 0.25) is 0 Å². The van der Waals surface area contributed by atoms with Gasteiger partial charge in [0.25, 0.3) is 0 Å². The van der Waals surface area contributed by atoms with Crippen molar-refractivity contribution in [1.29, 1.82) is 0 Å². The Hall–Kier alpha value is -1.09. The maximum Gasteiger partial charge on any atom is 0.164 e. The SMILES string of the molecule is O=C(CCC1CCCCO1)c1cc[nH]c1. The van der Waals surface area contributed by atoms with Gasteiger partial charge in [0.15, 0.2) is 5.78 Å². The molecule has 0 saturated carbocycles. The van der Waals surface area contributed by atoms with Gasteiger partial charge >= 0.3 is 0 Å². The van der Waals surface area contributed by atoms with Crippen molar-refractivity contribution in [2.45, 2.75) is 38.2 Å². The van der Waals surface area contributed by atoms with Crippen molar-refractivity contribution in [1.82, 2.24) is 4.98 Å². The van der Waals surface area contributed by atoms with Crippen LogP contribution in [-0.2, 0) is 4.74 Å². The standard InChI is InChI=1S/C12H17NO2/c14-12(10-6-7-13-9-10)5-4-11-3-1-2-8-15-11/h6-7,9,11,13H,1-5,8H2. The van der Waals surface area contributed by atoms with Crippen LogP contribution >= 0.6 is 0 Å². The van der Waals surface area contributed by atoms with Crippen LogP contribution in [0.1, 0.15) is 42.5 Å². The van der Waals surface area contributed by atoms with Gasteiger partial charge in [-0.1, -0.05) is 0 Å². The van der Waals surface area contributed by atoms with E-state index in [1.54, 1.807) is 12.4 Å². The Morgan fingerprint density at radius 2 is 2.47 bits per heavy atom. The second-order valence-electron chi connectivity index (χ2n) is 4.05. The summed E-state index contributed by atoms with van der Waals surface area (Å²) in [4.78, 5) is 14.6. The molecule has 1 fully saturated rings. The van der Waals surface area contributed by atoms with Crippen molar-refractivity contribution in [3.8, 4) is 0 Å². The van der Waals surface area contributed by atoms with Crippen LogP contribution in [0.3, 0.4) is 0 Å². The molecular formula is C12H17NO2. The van der Waals surface area contributed by atoms with Crippen molar-refractivity contribution in [3.63, 3.8) is 0 Å². The van der Waals surface area contributed by atoms with E-state index in [-0.39, 0.29) is 5.78 Å². The van der Waals surface area contributed by atoms with Gasteiger partial charge in [-0.25, -0.2) is 0 Å². The molecule has 1 atom stereocenters. The van der Waals surface area contributed by atoms with Crippen LogP contribution in [-0.4, -0.2) is 23.5 Å². The number of ketones is 1. The number of aromatic nitrogens is 1. The first-order chi connectivity index (χ1) is 7.36. The van der Waals surface area contributed by atoms with E-state index in [0.717, 1.165) is 25.0 Å². The Balaban J connectivity index is 1.75. The molecule has 0 bridgehead atoms. The largest absolute Gasteiger partial charge is 0.378 e. The Labute approximate surface area is 89.8 Å². The quantitative estimate of drug-likeness (QED) is 0.771. The smallest absolute Gasteiger partial charge is 0.164 e. The summed E-state index contributed by atoms with van der Waals surface area (Å²) in [5, 5.41) is 0. The summed E-state index contributed by atoms with van der Waals surface area (Å²) in [6, 6.07) is 1.82. The Morgan fingerprint density at radius 1 is 1.53 bits per heavy atom. The predicted molar refractivity (Wildman–Crippen MR) is 57.9 cm³/mol. The molecule has 1 aromatic heterocycles. The fraction of sp³-hybridized carbons (Fsp3) is 0.583. The highest BCUT2D eigenvalue weighted by atomic mass is 16.5. The molecular weight excluding hydrogens is 190 g/mol. The summed E-state index contributed by atoms with van der Waals surface area (Å²) < 4.78 is 5.59. The van der Waals surface area contributed by atoms with E-state index < -0.39 is 0 Å². The van der Waals surface area contributed by atoms with E-state index in [2.05, 4.69) is 4.98 Å². The lowest BCUT2D eigenvalue weighted by molar-refractivity contribution is 0.0104. The third-order valence-corrected chi connectivity index (χ3v) is 2.89. The predicted octanol–water partition coefficient (Wildman–Crippen LogP) is 2.55. The highest BCUT2D eigenvalue weighted by molar-refractivity contribution is 5.95. The molecule has 1 unspecified atom stereocenters. The molecule has 1 N–H and O–H groups in total. The molecule has 0 spiro atoms. The zero-order chi connectivity index (χ0) is 10.5. The van der Waals surface area contributed by atoms with Gasteiger partial charge in [-0.15, -0.1) is 0 Å². The van der Waals surface area contributed by atoms with Crippen molar-refractivity contribution in [2.24, 2.45) is 0 Å². The lowest BCUT2D eigenvalue weighted by Gasteiger charge is -2.21. The summed E-state index contributed by atoms with van der Waals surface area (Å²) in [6.07, 6.45) is 8.83. The molecule has 15 heavy (non-hydrogen) atoms. The van der Waals surface area contributed by atoms with Gasteiger partial charge in [-0.2, -0.15) is 0 Å². The van der Waals surface area contributed by atoms with Gasteiger partial charge in [0.1, 0.15) is 0 Å². The normalized spacial score (nSPS) is 21.5. The fourth-order valence-electron chi connectivity index (χ4n) is 1.97. The molecule has 0 radical (unpaired) electrons. The molecule has 2 heterocycles. The van der Waals surface area contributed by atoms with Crippen LogP contribution < -0.4 is 0 Å². The number of Topliss-reactive ketones (excluding diaryl/α,β-unsaturated/α-hetero) is 1. The van der Waals surface area contributed by atoms with E-state index in [4.69, 9.17) is 4.74 Å². The third-order valence-electron chi connectivity index (χ3n) is 2.89. The van der Waals surface area contributed by atoms with Gasteiger partial charge in [-0.3, -0.25) is 4.79 Å². The summed E-state index contributed by atoms with van der Waals surface area (Å²) >= 11 is 0. The second kappa shape index (κ2) is 5.12. The second-order valence-corrected chi connectivity index (χ2v) is 4.05. The van der Waals surface area contributed by atoms with Crippen molar-refractivity contribution >= 4 is 5.78 Å². The lowest BCUT2D eigenvalue weighted by Crippen LogP contribution is -2.19. The molecule has 2 rings (SSSR count). The average Bonchev–Trinajstić information content (AvgIpc) is 2.81. The lowest BCUT2D eigenvalue weighted by atomic mass is 10.0. The fourth-order valence-corrected chi connectivity index (χ4v) is 1.97. The van der Waals surface area contributed by atoms with Crippen molar-refractivity contribution < 1.29 is 9.53 Å².